The molecule has 1 amide bonds. The number of nitrogens with one attached hydrogen (secondary N) is 1. The zero-order chi connectivity index (χ0) is 17.6. The number of hydrogen-bond donors (Lipinski definition) is 1. The molecule has 1 unspecified atom stereocenters. The van der Waals surface area contributed by atoms with Gasteiger partial charge in [-0.25, -0.2) is 4.39 Å². The fourth-order valence-corrected chi connectivity index (χ4v) is 3.71. The van der Waals surface area contributed by atoms with E-state index in [0.717, 1.165) is 57.8 Å². The van der Waals surface area contributed by atoms with Gasteiger partial charge in [0.1, 0.15) is 5.82 Å². The van der Waals surface area contributed by atoms with Crippen molar-refractivity contribution in [2.75, 3.05) is 39.8 Å². The molecular weight excluding hydrogens is 446 g/mol. The zero-order valence-corrected chi connectivity index (χ0v) is 17.6. The van der Waals surface area contributed by atoms with Crippen LogP contribution in [0.15, 0.2) is 29.3 Å². The molecule has 5 nitrogen and oxygen atoms in total. The number of carbonyl (C=O) groups is 1. The molecule has 2 saturated heterocycles. The fourth-order valence-electron chi connectivity index (χ4n) is 3.71. The number of halogens is 2. The molecule has 0 saturated carbocycles. The molecule has 26 heavy (non-hydrogen) atoms. The second-order valence-corrected chi connectivity index (χ2v) is 6.92. The van der Waals surface area contributed by atoms with Crippen molar-refractivity contribution in [3.63, 3.8) is 0 Å². The third-order valence-electron chi connectivity index (χ3n) is 5.09. The summed E-state index contributed by atoms with van der Waals surface area (Å²) < 4.78 is 13.0. The van der Waals surface area contributed by atoms with Crippen LogP contribution < -0.4 is 5.32 Å². The van der Waals surface area contributed by atoms with E-state index in [1.54, 1.807) is 7.05 Å². The van der Waals surface area contributed by atoms with Crippen LogP contribution in [-0.2, 0) is 11.2 Å². The molecule has 0 radical (unpaired) electrons. The Kier molecular flexibility index (Phi) is 8.12. The maximum Gasteiger partial charge on any atom is 0.241 e. The minimum atomic E-state index is -0.191. The predicted octanol–water partition coefficient (Wildman–Crippen LogP) is 2.51. The Morgan fingerprint density at radius 2 is 1.88 bits per heavy atom. The first-order valence-electron chi connectivity index (χ1n) is 9.13. The van der Waals surface area contributed by atoms with Crippen LogP contribution in [0.25, 0.3) is 0 Å². The highest BCUT2D eigenvalue weighted by Gasteiger charge is 2.26. The Hall–Kier alpha value is -1.38. The molecule has 0 spiro atoms. The van der Waals surface area contributed by atoms with Crippen LogP contribution in [0.2, 0.25) is 0 Å². The highest BCUT2D eigenvalue weighted by atomic mass is 127. The first kappa shape index (κ1) is 20.9. The van der Waals surface area contributed by atoms with Gasteiger partial charge in [0.25, 0.3) is 0 Å². The second kappa shape index (κ2) is 10.1. The summed E-state index contributed by atoms with van der Waals surface area (Å²) in [5, 5.41) is 3.22. The van der Waals surface area contributed by atoms with Crippen LogP contribution in [0.5, 0.6) is 0 Å². The number of aliphatic imine (C=N–C) groups is 1. The molecule has 1 N–H and O–H groups in total. The summed E-state index contributed by atoms with van der Waals surface area (Å²) in [6.07, 6.45) is 4.24. The van der Waals surface area contributed by atoms with E-state index in [-0.39, 0.29) is 35.7 Å². The molecule has 1 aromatic carbocycles. The van der Waals surface area contributed by atoms with Gasteiger partial charge in [-0.1, -0.05) is 12.1 Å². The number of likely N-dealkylation sites (tertiary alicyclic amines) is 2. The van der Waals surface area contributed by atoms with E-state index in [0.29, 0.717) is 12.5 Å². The SMILES string of the molecule is CN=C(NCC(=O)N1CCCC1)N1CCC(Cc2ccc(F)cc2)C1.I. The van der Waals surface area contributed by atoms with Crippen molar-refractivity contribution in [1.29, 1.82) is 0 Å². The maximum absolute atomic E-state index is 13.0. The van der Waals surface area contributed by atoms with Crippen LogP contribution >= 0.6 is 24.0 Å². The molecular formula is C19H28FIN4O. The summed E-state index contributed by atoms with van der Waals surface area (Å²) in [6, 6.07) is 6.76. The molecule has 2 heterocycles. The Morgan fingerprint density at radius 1 is 1.19 bits per heavy atom. The number of benzene rings is 1. The third kappa shape index (κ3) is 5.56. The van der Waals surface area contributed by atoms with Gasteiger partial charge < -0.3 is 15.1 Å². The summed E-state index contributed by atoms with van der Waals surface area (Å²) >= 11 is 0. The van der Waals surface area contributed by atoms with Crippen molar-refractivity contribution >= 4 is 35.8 Å². The van der Waals surface area contributed by atoms with Crippen molar-refractivity contribution in [1.82, 2.24) is 15.1 Å². The molecule has 1 atom stereocenters. The number of carbonyl (C=O) groups excluding carboxylic acids is 1. The Balaban J connectivity index is 0.00000243. The number of hydrogen-bond acceptors (Lipinski definition) is 2. The van der Waals surface area contributed by atoms with Crippen LogP contribution in [0, 0.1) is 11.7 Å². The van der Waals surface area contributed by atoms with E-state index in [1.807, 2.05) is 17.0 Å². The number of rotatable bonds is 4. The molecule has 2 aliphatic rings. The van der Waals surface area contributed by atoms with Crippen LogP contribution in [-0.4, -0.2) is 61.4 Å². The van der Waals surface area contributed by atoms with Gasteiger partial charge in [0.2, 0.25) is 5.91 Å². The largest absolute Gasteiger partial charge is 0.347 e. The third-order valence-corrected chi connectivity index (χ3v) is 5.09. The van der Waals surface area contributed by atoms with Crippen molar-refractivity contribution in [3.8, 4) is 0 Å². The van der Waals surface area contributed by atoms with Crippen LogP contribution in [0.3, 0.4) is 0 Å². The average molecular weight is 474 g/mol. The zero-order valence-electron chi connectivity index (χ0n) is 15.3. The van der Waals surface area contributed by atoms with Gasteiger partial charge in [-0.3, -0.25) is 9.79 Å². The molecule has 2 aliphatic heterocycles. The smallest absolute Gasteiger partial charge is 0.241 e. The summed E-state index contributed by atoms with van der Waals surface area (Å²) in [4.78, 5) is 20.6. The average Bonchev–Trinajstić information content (AvgIpc) is 3.30. The van der Waals surface area contributed by atoms with E-state index < -0.39 is 0 Å². The molecule has 3 rings (SSSR count). The highest BCUT2D eigenvalue weighted by molar-refractivity contribution is 14.0. The quantitative estimate of drug-likeness (QED) is 0.415. The van der Waals surface area contributed by atoms with E-state index in [9.17, 15) is 9.18 Å². The minimum Gasteiger partial charge on any atom is -0.347 e. The van der Waals surface area contributed by atoms with Gasteiger partial charge in [-0.15, -0.1) is 24.0 Å². The number of nitrogens with zero attached hydrogens (tertiary/aromatic N) is 3. The molecule has 0 aliphatic carbocycles. The van der Waals surface area contributed by atoms with Crippen molar-refractivity contribution in [2.24, 2.45) is 10.9 Å². The van der Waals surface area contributed by atoms with Gasteiger partial charge in [0.05, 0.1) is 6.54 Å². The molecule has 0 aromatic heterocycles. The molecule has 0 bridgehead atoms. The van der Waals surface area contributed by atoms with Crippen molar-refractivity contribution in [3.05, 3.63) is 35.6 Å². The second-order valence-electron chi connectivity index (χ2n) is 6.92. The Morgan fingerprint density at radius 3 is 2.54 bits per heavy atom. The lowest BCUT2D eigenvalue weighted by Gasteiger charge is -2.23. The summed E-state index contributed by atoms with van der Waals surface area (Å²) in [5.41, 5.74) is 1.17. The summed E-state index contributed by atoms with van der Waals surface area (Å²) in [7, 11) is 1.76. The summed E-state index contributed by atoms with van der Waals surface area (Å²) in [5.74, 6) is 1.29. The van der Waals surface area contributed by atoms with Gasteiger partial charge in [-0.2, -0.15) is 0 Å². The Bertz CT molecular complexity index is 616. The van der Waals surface area contributed by atoms with Gasteiger partial charge in [0.15, 0.2) is 5.96 Å². The van der Waals surface area contributed by atoms with E-state index in [1.165, 1.54) is 17.7 Å². The van der Waals surface area contributed by atoms with Gasteiger partial charge in [0, 0.05) is 33.2 Å². The Labute approximate surface area is 172 Å². The van der Waals surface area contributed by atoms with Crippen LogP contribution in [0.4, 0.5) is 4.39 Å². The predicted molar refractivity (Wildman–Crippen MR) is 112 cm³/mol. The highest BCUT2D eigenvalue weighted by Crippen LogP contribution is 2.21. The molecule has 144 valence electrons. The minimum absolute atomic E-state index is 0. The molecule has 1 aromatic rings. The maximum atomic E-state index is 13.0. The first-order valence-corrected chi connectivity index (χ1v) is 9.13. The van der Waals surface area contributed by atoms with Crippen molar-refractivity contribution in [2.45, 2.75) is 25.7 Å². The lowest BCUT2D eigenvalue weighted by molar-refractivity contribution is -0.128. The first-order chi connectivity index (χ1) is 12.2. The van der Waals surface area contributed by atoms with Crippen molar-refractivity contribution < 1.29 is 9.18 Å². The number of guanidine groups is 1. The normalized spacial score (nSPS) is 20.2. The van der Waals surface area contributed by atoms with E-state index >= 15 is 0 Å². The van der Waals surface area contributed by atoms with Gasteiger partial charge in [-0.05, 0) is 49.3 Å². The fraction of sp³-hybridized carbons (Fsp3) is 0.579. The monoisotopic (exact) mass is 474 g/mol. The summed E-state index contributed by atoms with van der Waals surface area (Å²) in [6.45, 7) is 3.91. The van der Waals surface area contributed by atoms with E-state index in [2.05, 4.69) is 15.2 Å². The van der Waals surface area contributed by atoms with Gasteiger partial charge >= 0.3 is 0 Å². The van der Waals surface area contributed by atoms with E-state index in [4.69, 9.17) is 0 Å². The molecule has 7 heteroatoms. The van der Waals surface area contributed by atoms with Crippen LogP contribution in [0.1, 0.15) is 24.8 Å². The number of amides is 1. The lowest BCUT2D eigenvalue weighted by Crippen LogP contribution is -2.45. The molecule has 2 fully saturated rings. The topological polar surface area (TPSA) is 47.9 Å². The standard InChI is InChI=1S/C19H27FN4O.HI/c1-21-19(22-13-18(25)23-9-2-3-10-23)24-11-8-16(14-24)12-15-4-6-17(20)7-5-15;/h4-7,16H,2-3,8-14H2,1H3,(H,21,22);1H. The lowest BCUT2D eigenvalue weighted by atomic mass is 9.99.